The van der Waals surface area contributed by atoms with Crippen LogP contribution in [0, 0.1) is 0 Å². The third kappa shape index (κ3) is 4.31. The van der Waals surface area contributed by atoms with Crippen molar-refractivity contribution in [3.63, 3.8) is 0 Å². The summed E-state index contributed by atoms with van der Waals surface area (Å²) in [7, 11) is 1.37. The highest BCUT2D eigenvalue weighted by atomic mass is 16.6. The summed E-state index contributed by atoms with van der Waals surface area (Å²) >= 11 is 0. The molecule has 1 saturated carbocycles. The van der Waals surface area contributed by atoms with E-state index < -0.39 is 48.7 Å². The molecule has 1 aromatic carbocycles. The molecule has 5 N–H and O–H groups in total. The van der Waals surface area contributed by atoms with Crippen molar-refractivity contribution in [2.75, 3.05) is 7.11 Å². The number of methoxy groups -OCH3 is 1. The lowest BCUT2D eigenvalue weighted by atomic mass is 9.79. The third-order valence-corrected chi connectivity index (χ3v) is 4.14. The van der Waals surface area contributed by atoms with Gasteiger partial charge in [0.25, 0.3) is 0 Å². The van der Waals surface area contributed by atoms with Gasteiger partial charge in [-0.15, -0.1) is 0 Å². The number of phenols is 1. The maximum absolute atomic E-state index is 11.9. The molecule has 2 rings (SSSR count). The van der Waals surface area contributed by atoms with Gasteiger partial charge in [0.05, 0.1) is 13.2 Å². The van der Waals surface area contributed by atoms with Crippen molar-refractivity contribution in [2.24, 2.45) is 0 Å². The average molecular weight is 368 g/mol. The lowest BCUT2D eigenvalue weighted by molar-refractivity contribution is -0.196. The molecule has 0 aromatic heterocycles. The number of carbonyl (C=O) groups excluding carboxylic acids is 1. The Morgan fingerprint density at radius 2 is 1.96 bits per heavy atom. The van der Waals surface area contributed by atoms with Crippen LogP contribution >= 0.6 is 0 Å². The van der Waals surface area contributed by atoms with Crippen LogP contribution in [0.5, 0.6) is 11.5 Å². The van der Waals surface area contributed by atoms with E-state index in [9.17, 15) is 30.0 Å². The molecule has 1 aromatic rings. The number of ether oxygens (including phenoxy) is 2. The van der Waals surface area contributed by atoms with E-state index in [1.165, 1.54) is 31.4 Å². The molecule has 0 aliphatic heterocycles. The highest BCUT2D eigenvalue weighted by molar-refractivity contribution is 5.87. The number of aromatic hydroxyl groups is 1. The molecule has 0 saturated heterocycles. The number of carbonyl (C=O) groups is 2. The zero-order valence-corrected chi connectivity index (χ0v) is 13.9. The number of phenolic OH excluding ortho intramolecular Hbond substituents is 1. The van der Waals surface area contributed by atoms with Crippen LogP contribution in [0.4, 0.5) is 0 Å². The van der Waals surface area contributed by atoms with Gasteiger partial charge in [0.1, 0.15) is 12.2 Å². The summed E-state index contributed by atoms with van der Waals surface area (Å²) in [6.45, 7) is 0. The molecule has 1 aliphatic carbocycles. The number of hydrogen-bond donors (Lipinski definition) is 5. The Kier molecular flexibility index (Phi) is 5.86. The zero-order chi connectivity index (χ0) is 19.5. The number of hydrogen-bond acceptors (Lipinski definition) is 8. The van der Waals surface area contributed by atoms with E-state index in [0.29, 0.717) is 5.56 Å². The van der Waals surface area contributed by atoms with E-state index in [1.807, 2.05) is 0 Å². The number of carboxylic acid groups (broad SMARTS) is 1. The van der Waals surface area contributed by atoms with Crippen LogP contribution in [0.3, 0.4) is 0 Å². The molecule has 142 valence electrons. The SMILES string of the molecule is COc1cc(/C=C/C(=O)O[C@@H]2C[C@@](O)(C(=O)O)C[C@@H](O)[C@@H]2O)ccc1O. The van der Waals surface area contributed by atoms with Gasteiger partial charge in [-0.25, -0.2) is 9.59 Å². The molecule has 0 amide bonds. The summed E-state index contributed by atoms with van der Waals surface area (Å²) in [6.07, 6.45) is -3.17. The molecular weight excluding hydrogens is 348 g/mol. The quantitative estimate of drug-likeness (QED) is 0.347. The Morgan fingerprint density at radius 3 is 2.58 bits per heavy atom. The van der Waals surface area contributed by atoms with Gasteiger partial charge in [-0.2, -0.15) is 0 Å². The third-order valence-electron chi connectivity index (χ3n) is 4.14. The average Bonchev–Trinajstić information content (AvgIpc) is 2.58. The maximum Gasteiger partial charge on any atom is 0.335 e. The second-order valence-electron chi connectivity index (χ2n) is 6.04. The van der Waals surface area contributed by atoms with Crippen LogP contribution in [0.1, 0.15) is 18.4 Å². The number of aliphatic carboxylic acids is 1. The first kappa shape index (κ1) is 19.7. The van der Waals surface area contributed by atoms with Crippen LogP contribution in [0.15, 0.2) is 24.3 Å². The van der Waals surface area contributed by atoms with Crippen molar-refractivity contribution < 1.29 is 44.6 Å². The smallest absolute Gasteiger partial charge is 0.335 e. The van der Waals surface area contributed by atoms with Gasteiger partial charge in [0, 0.05) is 18.9 Å². The standard InChI is InChI=1S/C17H20O9/c1-25-12-6-9(2-4-10(12)18)3-5-14(20)26-13-8-17(24,16(22)23)7-11(19)15(13)21/h2-6,11,13,15,18-19,21,24H,7-8H2,1H3,(H,22,23)/b5-3+/t11-,13-,15+,17-/m1/s1. The van der Waals surface area contributed by atoms with Crippen molar-refractivity contribution in [3.8, 4) is 11.5 Å². The van der Waals surface area contributed by atoms with Gasteiger partial charge in [0.15, 0.2) is 17.1 Å². The second-order valence-corrected chi connectivity index (χ2v) is 6.04. The number of rotatable bonds is 5. The van der Waals surface area contributed by atoms with Gasteiger partial charge in [-0.05, 0) is 23.8 Å². The van der Waals surface area contributed by atoms with Crippen molar-refractivity contribution >= 4 is 18.0 Å². The first-order valence-electron chi connectivity index (χ1n) is 7.74. The van der Waals surface area contributed by atoms with E-state index in [0.717, 1.165) is 6.08 Å². The molecule has 0 spiro atoms. The Morgan fingerprint density at radius 1 is 1.27 bits per heavy atom. The molecule has 0 bridgehead atoms. The highest BCUT2D eigenvalue weighted by Crippen LogP contribution is 2.31. The minimum absolute atomic E-state index is 0.0699. The molecule has 0 unspecified atom stereocenters. The topological polar surface area (TPSA) is 154 Å². The van der Waals surface area contributed by atoms with E-state index in [4.69, 9.17) is 14.6 Å². The minimum Gasteiger partial charge on any atom is -0.504 e. The summed E-state index contributed by atoms with van der Waals surface area (Å²) in [5, 5.41) is 48.2. The van der Waals surface area contributed by atoms with Crippen LogP contribution in [0.2, 0.25) is 0 Å². The van der Waals surface area contributed by atoms with Crippen LogP contribution in [-0.4, -0.2) is 68.5 Å². The summed E-state index contributed by atoms with van der Waals surface area (Å²) in [6, 6.07) is 4.36. The van der Waals surface area contributed by atoms with E-state index in [1.54, 1.807) is 0 Å². The van der Waals surface area contributed by atoms with Crippen molar-refractivity contribution in [1.82, 2.24) is 0 Å². The Labute approximate surface area is 148 Å². The van der Waals surface area contributed by atoms with Gasteiger partial charge in [-0.1, -0.05) is 6.07 Å². The highest BCUT2D eigenvalue weighted by Gasteiger charge is 2.50. The minimum atomic E-state index is -2.29. The molecule has 0 radical (unpaired) electrons. The summed E-state index contributed by atoms with van der Waals surface area (Å²) < 4.78 is 9.92. The molecule has 1 aliphatic rings. The fraction of sp³-hybridized carbons (Fsp3) is 0.412. The number of carboxylic acids is 1. The molecule has 26 heavy (non-hydrogen) atoms. The van der Waals surface area contributed by atoms with Gasteiger partial charge in [-0.3, -0.25) is 0 Å². The molecule has 9 heteroatoms. The normalized spacial score (nSPS) is 28.7. The van der Waals surface area contributed by atoms with Gasteiger partial charge < -0.3 is 35.0 Å². The summed E-state index contributed by atoms with van der Waals surface area (Å²) in [5.74, 6) is -2.34. The predicted octanol–water partition coefficient (Wildman–Crippen LogP) is -0.343. The summed E-state index contributed by atoms with van der Waals surface area (Å²) in [4.78, 5) is 23.1. The predicted molar refractivity (Wildman–Crippen MR) is 87.4 cm³/mol. The molecule has 0 heterocycles. The lowest BCUT2D eigenvalue weighted by Crippen LogP contribution is -2.57. The Balaban J connectivity index is 2.07. The number of benzene rings is 1. The first-order valence-corrected chi connectivity index (χ1v) is 7.74. The number of aliphatic hydroxyl groups is 3. The molecular formula is C17H20O9. The van der Waals surface area contributed by atoms with Gasteiger partial charge in [0.2, 0.25) is 0 Å². The zero-order valence-electron chi connectivity index (χ0n) is 13.9. The first-order chi connectivity index (χ1) is 12.2. The second kappa shape index (κ2) is 7.73. The van der Waals surface area contributed by atoms with E-state index in [-0.39, 0.29) is 11.5 Å². The van der Waals surface area contributed by atoms with Gasteiger partial charge >= 0.3 is 11.9 Å². The Hall–Kier alpha value is -2.62. The number of aliphatic hydroxyl groups excluding tert-OH is 2. The number of esters is 1. The van der Waals surface area contributed by atoms with Crippen molar-refractivity contribution in [3.05, 3.63) is 29.8 Å². The largest absolute Gasteiger partial charge is 0.504 e. The monoisotopic (exact) mass is 368 g/mol. The molecule has 1 fully saturated rings. The Bertz CT molecular complexity index is 714. The van der Waals surface area contributed by atoms with Crippen LogP contribution in [-0.2, 0) is 14.3 Å². The fourth-order valence-electron chi connectivity index (χ4n) is 2.69. The molecule has 4 atom stereocenters. The van der Waals surface area contributed by atoms with Crippen LogP contribution in [0.25, 0.3) is 6.08 Å². The van der Waals surface area contributed by atoms with Crippen LogP contribution < -0.4 is 4.74 Å². The van der Waals surface area contributed by atoms with Crippen molar-refractivity contribution in [1.29, 1.82) is 0 Å². The van der Waals surface area contributed by atoms with E-state index >= 15 is 0 Å². The molecule has 9 nitrogen and oxygen atoms in total. The lowest BCUT2D eigenvalue weighted by Gasteiger charge is -2.39. The van der Waals surface area contributed by atoms with Crippen molar-refractivity contribution in [2.45, 2.75) is 36.8 Å². The van der Waals surface area contributed by atoms with E-state index in [2.05, 4.69) is 0 Å². The fourth-order valence-corrected chi connectivity index (χ4v) is 2.69. The maximum atomic E-state index is 11.9. The summed E-state index contributed by atoms with van der Waals surface area (Å²) in [5.41, 5.74) is -1.78.